The van der Waals surface area contributed by atoms with Crippen LogP contribution in [0.3, 0.4) is 0 Å². The number of nitrogens with zero attached hydrogens (tertiary/aromatic N) is 3. The number of rotatable bonds is 2. The van der Waals surface area contributed by atoms with Crippen LogP contribution in [-0.4, -0.2) is 23.9 Å². The first-order valence-electron chi connectivity index (χ1n) is 5.01. The summed E-state index contributed by atoms with van der Waals surface area (Å²) in [7, 11) is 3.78. The summed E-state index contributed by atoms with van der Waals surface area (Å²) in [6, 6.07) is 12.6. The monoisotopic (exact) mass is 215 g/mol. The van der Waals surface area contributed by atoms with E-state index in [9.17, 15) is 4.79 Å². The third kappa shape index (κ3) is 1.95. The Kier molecular flexibility index (Phi) is 2.72. The topological polar surface area (TPSA) is 38.1 Å². The lowest BCUT2D eigenvalue weighted by atomic mass is 10.3. The van der Waals surface area contributed by atoms with Gasteiger partial charge in [0, 0.05) is 20.2 Å². The number of hydrogen-bond donors (Lipinski definition) is 0. The summed E-state index contributed by atoms with van der Waals surface area (Å²) in [5.74, 6) is 0.753. The van der Waals surface area contributed by atoms with Gasteiger partial charge in [-0.25, -0.2) is 0 Å². The van der Waals surface area contributed by atoms with Gasteiger partial charge >= 0.3 is 0 Å². The Balaban J connectivity index is 2.56. The highest BCUT2D eigenvalue weighted by Crippen LogP contribution is 2.06. The Labute approximate surface area is 93.8 Å². The predicted molar refractivity (Wildman–Crippen MR) is 64.2 cm³/mol. The maximum absolute atomic E-state index is 11.7. The summed E-state index contributed by atoms with van der Waals surface area (Å²) in [5.41, 5.74) is 0.646. The van der Waals surface area contributed by atoms with E-state index in [1.807, 2.05) is 49.3 Å². The van der Waals surface area contributed by atoms with Crippen LogP contribution in [0.5, 0.6) is 0 Å². The molecule has 2 rings (SSSR count). The molecule has 1 aromatic carbocycles. The molecule has 82 valence electrons. The van der Waals surface area contributed by atoms with Crippen LogP contribution < -0.4 is 10.5 Å². The number of anilines is 1. The van der Waals surface area contributed by atoms with E-state index >= 15 is 0 Å². The zero-order valence-corrected chi connectivity index (χ0v) is 9.29. The van der Waals surface area contributed by atoms with E-state index in [1.165, 1.54) is 10.7 Å². The molecule has 0 aliphatic carbocycles. The Morgan fingerprint density at radius 2 is 1.75 bits per heavy atom. The van der Waals surface area contributed by atoms with Gasteiger partial charge in [0.2, 0.25) is 0 Å². The standard InChI is InChI=1S/C12H13N3O/c1-14(2)11-8-9-12(16)15(13-11)10-6-4-3-5-7-10/h3-9H,1-2H3. The van der Waals surface area contributed by atoms with Gasteiger partial charge in [-0.15, -0.1) is 5.10 Å². The first-order chi connectivity index (χ1) is 7.68. The van der Waals surface area contributed by atoms with Crippen molar-refractivity contribution in [3.05, 3.63) is 52.8 Å². The Morgan fingerprint density at radius 3 is 2.38 bits per heavy atom. The van der Waals surface area contributed by atoms with Crippen LogP contribution >= 0.6 is 0 Å². The summed E-state index contributed by atoms with van der Waals surface area (Å²) < 4.78 is 1.40. The average Bonchev–Trinajstić information content (AvgIpc) is 2.30. The third-order valence-electron chi connectivity index (χ3n) is 2.25. The summed E-state index contributed by atoms with van der Waals surface area (Å²) in [6.45, 7) is 0. The van der Waals surface area contributed by atoms with Gasteiger partial charge in [-0.05, 0) is 18.2 Å². The minimum absolute atomic E-state index is 0.128. The van der Waals surface area contributed by atoms with Gasteiger partial charge in [0.05, 0.1) is 5.69 Å². The lowest BCUT2D eigenvalue weighted by Crippen LogP contribution is -2.23. The Hall–Kier alpha value is -2.10. The molecular formula is C12H13N3O. The fourth-order valence-corrected chi connectivity index (χ4v) is 1.39. The Morgan fingerprint density at radius 1 is 1.06 bits per heavy atom. The second-order valence-electron chi connectivity index (χ2n) is 3.67. The maximum Gasteiger partial charge on any atom is 0.271 e. The second kappa shape index (κ2) is 4.18. The van der Waals surface area contributed by atoms with E-state index in [1.54, 1.807) is 6.07 Å². The minimum Gasteiger partial charge on any atom is -0.361 e. The SMILES string of the molecule is CN(C)c1ccc(=O)n(-c2ccccc2)n1. The molecule has 1 aromatic heterocycles. The van der Waals surface area contributed by atoms with Crippen molar-refractivity contribution >= 4 is 5.82 Å². The molecule has 0 N–H and O–H groups in total. The van der Waals surface area contributed by atoms with Crippen molar-refractivity contribution in [3.8, 4) is 5.69 Å². The van der Waals surface area contributed by atoms with Gasteiger partial charge in [-0.2, -0.15) is 4.68 Å². The van der Waals surface area contributed by atoms with Crippen LogP contribution in [0.25, 0.3) is 5.69 Å². The Bertz CT molecular complexity index is 531. The van der Waals surface area contributed by atoms with Gasteiger partial charge < -0.3 is 4.90 Å². The molecule has 4 nitrogen and oxygen atoms in total. The highest BCUT2D eigenvalue weighted by atomic mass is 16.1. The van der Waals surface area contributed by atoms with Crippen molar-refractivity contribution in [2.24, 2.45) is 0 Å². The molecule has 0 aliphatic rings. The maximum atomic E-state index is 11.7. The molecule has 0 amide bonds. The molecule has 1 heterocycles. The van der Waals surface area contributed by atoms with Gasteiger partial charge in [-0.3, -0.25) is 4.79 Å². The van der Waals surface area contributed by atoms with Gasteiger partial charge in [-0.1, -0.05) is 18.2 Å². The smallest absolute Gasteiger partial charge is 0.271 e. The van der Waals surface area contributed by atoms with Gasteiger partial charge in [0.15, 0.2) is 0 Å². The lowest BCUT2D eigenvalue weighted by molar-refractivity contribution is 0.794. The van der Waals surface area contributed by atoms with Gasteiger partial charge in [0.1, 0.15) is 5.82 Å². The van der Waals surface area contributed by atoms with E-state index in [-0.39, 0.29) is 5.56 Å². The van der Waals surface area contributed by atoms with Crippen molar-refractivity contribution < 1.29 is 0 Å². The fraction of sp³-hybridized carbons (Fsp3) is 0.167. The molecule has 0 fully saturated rings. The number of benzene rings is 1. The highest BCUT2D eigenvalue weighted by molar-refractivity contribution is 5.37. The van der Waals surface area contributed by atoms with Crippen LogP contribution in [0.15, 0.2) is 47.3 Å². The summed E-state index contributed by atoms with van der Waals surface area (Å²) in [5, 5.41) is 4.27. The molecule has 2 aromatic rings. The third-order valence-corrected chi connectivity index (χ3v) is 2.25. The van der Waals surface area contributed by atoms with Gasteiger partial charge in [0.25, 0.3) is 5.56 Å². The quantitative estimate of drug-likeness (QED) is 0.757. The molecule has 0 saturated carbocycles. The average molecular weight is 215 g/mol. The molecular weight excluding hydrogens is 202 g/mol. The summed E-state index contributed by atoms with van der Waals surface area (Å²) >= 11 is 0. The normalized spacial score (nSPS) is 10.1. The molecule has 0 radical (unpaired) electrons. The molecule has 0 spiro atoms. The van der Waals surface area contributed by atoms with Crippen LogP contribution in [0.1, 0.15) is 0 Å². The summed E-state index contributed by atoms with van der Waals surface area (Å²) in [6.07, 6.45) is 0. The van der Waals surface area contributed by atoms with E-state index < -0.39 is 0 Å². The largest absolute Gasteiger partial charge is 0.361 e. The van der Waals surface area contributed by atoms with E-state index in [0.717, 1.165) is 11.5 Å². The second-order valence-corrected chi connectivity index (χ2v) is 3.67. The van der Waals surface area contributed by atoms with Crippen molar-refractivity contribution in [3.63, 3.8) is 0 Å². The van der Waals surface area contributed by atoms with Crippen LogP contribution in [0.4, 0.5) is 5.82 Å². The molecule has 0 atom stereocenters. The van der Waals surface area contributed by atoms with Crippen LogP contribution in [0.2, 0.25) is 0 Å². The van der Waals surface area contributed by atoms with Crippen molar-refractivity contribution in [1.29, 1.82) is 0 Å². The number of hydrogen-bond acceptors (Lipinski definition) is 3. The zero-order chi connectivity index (χ0) is 11.5. The number of para-hydroxylation sites is 1. The minimum atomic E-state index is -0.128. The highest BCUT2D eigenvalue weighted by Gasteiger charge is 2.03. The zero-order valence-electron chi connectivity index (χ0n) is 9.29. The lowest BCUT2D eigenvalue weighted by Gasteiger charge is -2.12. The first-order valence-corrected chi connectivity index (χ1v) is 5.01. The van der Waals surface area contributed by atoms with E-state index in [2.05, 4.69) is 5.10 Å². The molecule has 0 saturated heterocycles. The molecule has 0 aliphatic heterocycles. The van der Waals surface area contributed by atoms with E-state index in [4.69, 9.17) is 0 Å². The summed E-state index contributed by atoms with van der Waals surface area (Å²) in [4.78, 5) is 13.5. The van der Waals surface area contributed by atoms with Crippen LogP contribution in [-0.2, 0) is 0 Å². The van der Waals surface area contributed by atoms with E-state index in [0.29, 0.717) is 0 Å². The molecule has 0 bridgehead atoms. The molecule has 0 unspecified atom stereocenters. The number of aromatic nitrogens is 2. The first kappa shape index (κ1) is 10.4. The fourth-order valence-electron chi connectivity index (χ4n) is 1.39. The van der Waals surface area contributed by atoms with Crippen LogP contribution in [0, 0.1) is 0 Å². The van der Waals surface area contributed by atoms with Crippen molar-refractivity contribution in [2.45, 2.75) is 0 Å². The molecule has 4 heteroatoms. The predicted octanol–water partition coefficient (Wildman–Crippen LogP) is 1.30. The van der Waals surface area contributed by atoms with Crippen molar-refractivity contribution in [2.75, 3.05) is 19.0 Å². The van der Waals surface area contributed by atoms with Crippen molar-refractivity contribution in [1.82, 2.24) is 9.78 Å². The molecule has 16 heavy (non-hydrogen) atoms.